The summed E-state index contributed by atoms with van der Waals surface area (Å²) in [6.45, 7) is 2.13. The maximum atomic E-state index is 6.44. The minimum Gasteiger partial charge on any atom is -0.123 e. The zero-order valence-corrected chi connectivity index (χ0v) is 13.4. The van der Waals surface area contributed by atoms with Gasteiger partial charge in [-0.25, -0.2) is 0 Å². The molecule has 2 aromatic rings. The van der Waals surface area contributed by atoms with Crippen molar-refractivity contribution in [3.8, 4) is 0 Å². The van der Waals surface area contributed by atoms with Crippen molar-refractivity contribution in [1.29, 1.82) is 0 Å². The van der Waals surface area contributed by atoms with E-state index in [1.165, 1.54) is 16.7 Å². The first-order chi connectivity index (χ1) is 9.13. The number of benzene rings is 2. The van der Waals surface area contributed by atoms with Gasteiger partial charge in [0.2, 0.25) is 0 Å². The summed E-state index contributed by atoms with van der Waals surface area (Å²) in [6, 6.07) is 17.0. The van der Waals surface area contributed by atoms with Crippen LogP contribution >= 0.6 is 27.5 Å². The molecule has 19 heavy (non-hydrogen) atoms. The fourth-order valence-corrected chi connectivity index (χ4v) is 2.95. The quantitative estimate of drug-likeness (QED) is 0.628. The van der Waals surface area contributed by atoms with Crippen molar-refractivity contribution < 1.29 is 0 Å². The molecule has 0 saturated carbocycles. The van der Waals surface area contributed by atoms with Gasteiger partial charge in [-0.1, -0.05) is 57.9 Å². The highest BCUT2D eigenvalue weighted by Gasteiger charge is 2.07. The van der Waals surface area contributed by atoms with Crippen LogP contribution in [0.15, 0.2) is 53.0 Å². The van der Waals surface area contributed by atoms with Crippen LogP contribution in [0.1, 0.15) is 23.1 Å². The van der Waals surface area contributed by atoms with Gasteiger partial charge in [-0.3, -0.25) is 0 Å². The fraction of sp³-hybridized carbons (Fsp3) is 0.294. The van der Waals surface area contributed by atoms with Gasteiger partial charge in [-0.05, 0) is 49.4 Å². The van der Waals surface area contributed by atoms with Crippen molar-refractivity contribution in [3.05, 3.63) is 69.7 Å². The van der Waals surface area contributed by atoms with Crippen LogP contribution in [0.3, 0.4) is 0 Å². The average Bonchev–Trinajstić information content (AvgIpc) is 2.36. The molecular formula is C17H18BrCl. The first-order valence-electron chi connectivity index (χ1n) is 6.57. The van der Waals surface area contributed by atoms with Gasteiger partial charge in [0.15, 0.2) is 0 Å². The highest BCUT2D eigenvalue weighted by molar-refractivity contribution is 9.10. The van der Waals surface area contributed by atoms with Crippen LogP contribution < -0.4 is 0 Å². The molecule has 0 N–H and O–H groups in total. The topological polar surface area (TPSA) is 0 Å². The Kier molecular flexibility index (Phi) is 5.47. The zero-order valence-electron chi connectivity index (χ0n) is 11.1. The maximum absolute atomic E-state index is 6.44. The van der Waals surface area contributed by atoms with Crippen LogP contribution in [-0.4, -0.2) is 5.38 Å². The Hall–Kier alpha value is -0.790. The smallest absolute Gasteiger partial charge is 0.0379 e. The van der Waals surface area contributed by atoms with Crippen LogP contribution in [-0.2, 0) is 12.8 Å². The van der Waals surface area contributed by atoms with Gasteiger partial charge in [-0.15, -0.1) is 11.6 Å². The van der Waals surface area contributed by atoms with Gasteiger partial charge >= 0.3 is 0 Å². The molecule has 0 aliphatic rings. The molecule has 0 radical (unpaired) electrons. The third-order valence-electron chi connectivity index (χ3n) is 3.17. The molecule has 0 saturated heterocycles. The van der Waals surface area contributed by atoms with Crippen molar-refractivity contribution in [2.75, 3.05) is 0 Å². The predicted octanol–water partition coefficient (Wildman–Crippen LogP) is 5.54. The van der Waals surface area contributed by atoms with Crippen LogP contribution in [0.2, 0.25) is 0 Å². The highest BCUT2D eigenvalue weighted by Crippen LogP contribution is 2.18. The Morgan fingerprint density at radius 3 is 2.53 bits per heavy atom. The van der Waals surface area contributed by atoms with Gasteiger partial charge < -0.3 is 0 Å². The monoisotopic (exact) mass is 336 g/mol. The SMILES string of the molecule is Cc1cccc(CCC(Cl)Cc2cccc(Br)c2)c1. The Morgan fingerprint density at radius 1 is 1.05 bits per heavy atom. The normalized spacial score (nSPS) is 12.4. The molecule has 0 amide bonds. The van der Waals surface area contributed by atoms with E-state index >= 15 is 0 Å². The Bertz CT molecular complexity index is 536. The summed E-state index contributed by atoms with van der Waals surface area (Å²) in [5.74, 6) is 0. The molecule has 1 atom stereocenters. The lowest BCUT2D eigenvalue weighted by molar-refractivity contribution is 0.743. The number of alkyl halides is 1. The summed E-state index contributed by atoms with van der Waals surface area (Å²) >= 11 is 9.93. The first kappa shape index (κ1) is 14.6. The lowest BCUT2D eigenvalue weighted by atomic mass is 10.0. The molecule has 2 rings (SSSR count). The predicted molar refractivity (Wildman–Crippen MR) is 87.0 cm³/mol. The molecule has 0 fully saturated rings. The molecule has 2 aromatic carbocycles. The molecule has 0 aliphatic carbocycles. The van der Waals surface area contributed by atoms with Gasteiger partial charge in [0.05, 0.1) is 0 Å². The van der Waals surface area contributed by atoms with E-state index in [4.69, 9.17) is 11.6 Å². The van der Waals surface area contributed by atoms with Gasteiger partial charge in [0.1, 0.15) is 0 Å². The number of aryl methyl sites for hydroxylation is 2. The first-order valence-corrected chi connectivity index (χ1v) is 7.80. The zero-order chi connectivity index (χ0) is 13.7. The van der Waals surface area contributed by atoms with Gasteiger partial charge in [-0.2, -0.15) is 0 Å². The minimum atomic E-state index is 0.190. The summed E-state index contributed by atoms with van der Waals surface area (Å²) < 4.78 is 1.12. The largest absolute Gasteiger partial charge is 0.123 e. The standard InChI is InChI=1S/C17H18BrCl/c1-13-4-2-5-14(10-13)8-9-17(19)12-15-6-3-7-16(18)11-15/h2-7,10-11,17H,8-9,12H2,1H3. The van der Waals surface area contributed by atoms with E-state index in [2.05, 4.69) is 65.3 Å². The van der Waals surface area contributed by atoms with Gasteiger partial charge in [0, 0.05) is 9.85 Å². The van der Waals surface area contributed by atoms with E-state index < -0.39 is 0 Å². The molecule has 0 aliphatic heterocycles. The van der Waals surface area contributed by atoms with Crippen molar-refractivity contribution in [3.63, 3.8) is 0 Å². The minimum absolute atomic E-state index is 0.190. The molecule has 0 aromatic heterocycles. The molecule has 0 nitrogen and oxygen atoms in total. The van der Waals surface area contributed by atoms with E-state index in [1.54, 1.807) is 0 Å². The Labute approximate surface area is 128 Å². The summed E-state index contributed by atoms with van der Waals surface area (Å²) in [5.41, 5.74) is 3.98. The van der Waals surface area contributed by atoms with Crippen LogP contribution in [0.25, 0.3) is 0 Å². The fourth-order valence-electron chi connectivity index (χ4n) is 2.21. The lowest BCUT2D eigenvalue weighted by Gasteiger charge is -2.10. The number of hydrogen-bond acceptors (Lipinski definition) is 0. The molecule has 100 valence electrons. The second-order valence-corrected chi connectivity index (χ2v) is 6.49. The summed E-state index contributed by atoms with van der Waals surface area (Å²) in [7, 11) is 0. The summed E-state index contributed by atoms with van der Waals surface area (Å²) in [6.07, 6.45) is 2.98. The number of halogens is 2. The number of rotatable bonds is 5. The highest BCUT2D eigenvalue weighted by atomic mass is 79.9. The van der Waals surface area contributed by atoms with E-state index in [-0.39, 0.29) is 5.38 Å². The average molecular weight is 338 g/mol. The third-order valence-corrected chi connectivity index (χ3v) is 4.04. The van der Waals surface area contributed by atoms with Crippen molar-refractivity contribution in [2.24, 2.45) is 0 Å². The number of hydrogen-bond donors (Lipinski definition) is 0. The summed E-state index contributed by atoms with van der Waals surface area (Å²) in [5, 5.41) is 0.190. The third kappa shape index (κ3) is 5.00. The summed E-state index contributed by atoms with van der Waals surface area (Å²) in [4.78, 5) is 0. The van der Waals surface area contributed by atoms with E-state index in [1.807, 2.05) is 6.07 Å². The Balaban J connectivity index is 1.86. The molecule has 2 heteroatoms. The van der Waals surface area contributed by atoms with Crippen molar-refractivity contribution >= 4 is 27.5 Å². The molecule has 0 bridgehead atoms. The van der Waals surface area contributed by atoms with E-state index in [9.17, 15) is 0 Å². The van der Waals surface area contributed by atoms with E-state index in [0.717, 1.165) is 23.7 Å². The lowest BCUT2D eigenvalue weighted by Crippen LogP contribution is -2.05. The van der Waals surface area contributed by atoms with Crippen molar-refractivity contribution in [1.82, 2.24) is 0 Å². The van der Waals surface area contributed by atoms with Crippen LogP contribution in [0, 0.1) is 6.92 Å². The van der Waals surface area contributed by atoms with Crippen LogP contribution in [0.4, 0.5) is 0 Å². The molecule has 1 unspecified atom stereocenters. The maximum Gasteiger partial charge on any atom is 0.0379 e. The second-order valence-electron chi connectivity index (χ2n) is 4.96. The Morgan fingerprint density at radius 2 is 1.79 bits per heavy atom. The second kappa shape index (κ2) is 7.12. The van der Waals surface area contributed by atoms with Crippen LogP contribution in [0.5, 0.6) is 0 Å². The van der Waals surface area contributed by atoms with Gasteiger partial charge in [0.25, 0.3) is 0 Å². The molecule has 0 heterocycles. The van der Waals surface area contributed by atoms with E-state index in [0.29, 0.717) is 0 Å². The molecule has 0 spiro atoms. The molecular weight excluding hydrogens is 320 g/mol. The van der Waals surface area contributed by atoms with Crippen molar-refractivity contribution in [2.45, 2.75) is 31.6 Å².